The lowest BCUT2D eigenvalue weighted by atomic mass is 10.0. The van der Waals surface area contributed by atoms with Crippen LogP contribution >= 0.6 is 11.6 Å². The fourth-order valence-electron chi connectivity index (χ4n) is 3.48. The average Bonchev–Trinajstić information content (AvgIpc) is 3.24. The molecule has 1 saturated heterocycles. The van der Waals surface area contributed by atoms with E-state index in [-0.39, 0.29) is 17.9 Å². The smallest absolute Gasteiger partial charge is 0.317 e. The molecule has 2 amide bonds. The Kier molecular flexibility index (Phi) is 6.18. The fraction of sp³-hybridized carbons (Fsp3) is 0.273. The Balaban J connectivity index is 1.23. The van der Waals surface area contributed by atoms with Gasteiger partial charge in [-0.1, -0.05) is 11.6 Å². The van der Waals surface area contributed by atoms with Gasteiger partial charge < -0.3 is 15.5 Å². The highest BCUT2D eigenvalue weighted by Gasteiger charge is 2.22. The molecule has 0 spiro atoms. The number of rotatable bonds is 5. The summed E-state index contributed by atoms with van der Waals surface area (Å²) in [6.45, 7) is 1.77. The number of hydrogen-bond acceptors (Lipinski definition) is 3. The number of urea groups is 1. The van der Waals surface area contributed by atoms with Crippen molar-refractivity contribution in [3.05, 3.63) is 77.3 Å². The van der Waals surface area contributed by atoms with Crippen LogP contribution in [0.3, 0.4) is 0 Å². The lowest BCUT2D eigenvalue weighted by Crippen LogP contribution is -2.46. The summed E-state index contributed by atoms with van der Waals surface area (Å²) in [7, 11) is 0. The highest BCUT2D eigenvalue weighted by Crippen LogP contribution is 2.17. The minimum Gasteiger partial charge on any atom is -0.382 e. The summed E-state index contributed by atoms with van der Waals surface area (Å²) in [6, 6.07) is 14.0. The topological polar surface area (TPSA) is 62.2 Å². The zero-order chi connectivity index (χ0) is 20.9. The van der Waals surface area contributed by atoms with Crippen LogP contribution in [0.1, 0.15) is 18.4 Å². The molecule has 4 rings (SSSR count). The fourth-order valence-corrected chi connectivity index (χ4v) is 3.61. The van der Waals surface area contributed by atoms with E-state index < -0.39 is 0 Å². The second kappa shape index (κ2) is 9.17. The van der Waals surface area contributed by atoms with Gasteiger partial charge >= 0.3 is 6.03 Å². The normalized spacial score (nSPS) is 14.5. The number of nitrogens with zero attached hydrogens (tertiary/aromatic N) is 3. The van der Waals surface area contributed by atoms with Crippen LogP contribution in [0.5, 0.6) is 0 Å². The van der Waals surface area contributed by atoms with Gasteiger partial charge in [0.2, 0.25) is 0 Å². The van der Waals surface area contributed by atoms with Crippen LogP contribution in [0.15, 0.2) is 60.9 Å². The minimum absolute atomic E-state index is 0.0746. The third-order valence-corrected chi connectivity index (χ3v) is 5.42. The zero-order valence-electron chi connectivity index (χ0n) is 16.4. The Bertz CT molecular complexity index is 982. The number of halogens is 2. The van der Waals surface area contributed by atoms with Crippen molar-refractivity contribution >= 4 is 23.3 Å². The van der Waals surface area contributed by atoms with Crippen molar-refractivity contribution < 1.29 is 9.18 Å². The Morgan fingerprint density at radius 2 is 1.80 bits per heavy atom. The third-order valence-electron chi connectivity index (χ3n) is 5.17. The molecule has 0 bridgehead atoms. The van der Waals surface area contributed by atoms with Crippen LogP contribution < -0.4 is 10.6 Å². The first-order valence-corrected chi connectivity index (χ1v) is 10.3. The summed E-state index contributed by atoms with van der Waals surface area (Å²) < 4.78 is 14.8. The van der Waals surface area contributed by atoms with Crippen LogP contribution in [-0.2, 0) is 6.54 Å². The average molecular weight is 428 g/mol. The molecular formula is C22H23ClFN5O. The molecule has 2 aromatic carbocycles. The SMILES string of the molecule is O=C(NCc1cnn(-c2ccc(Cl)cc2)c1)N1CCC(Nc2ccc(F)cc2)CC1. The Hall–Kier alpha value is -3.06. The summed E-state index contributed by atoms with van der Waals surface area (Å²) in [5.41, 5.74) is 2.73. The molecule has 156 valence electrons. The predicted molar refractivity (Wildman–Crippen MR) is 115 cm³/mol. The molecule has 2 N–H and O–H groups in total. The molecule has 0 unspecified atom stereocenters. The maximum Gasteiger partial charge on any atom is 0.317 e. The molecule has 30 heavy (non-hydrogen) atoms. The van der Waals surface area contributed by atoms with Crippen molar-refractivity contribution in [1.82, 2.24) is 20.0 Å². The summed E-state index contributed by atoms with van der Waals surface area (Å²) in [6.07, 6.45) is 5.33. The lowest BCUT2D eigenvalue weighted by molar-refractivity contribution is 0.183. The van der Waals surface area contributed by atoms with E-state index in [0.717, 1.165) is 29.8 Å². The van der Waals surface area contributed by atoms with Gasteiger partial charge in [0.1, 0.15) is 5.82 Å². The number of carbonyl (C=O) groups excluding carboxylic acids is 1. The molecule has 1 aliphatic heterocycles. The first-order valence-electron chi connectivity index (χ1n) is 9.91. The number of carbonyl (C=O) groups is 1. The highest BCUT2D eigenvalue weighted by atomic mass is 35.5. The van der Waals surface area contributed by atoms with Crippen LogP contribution in [0.25, 0.3) is 5.69 Å². The Morgan fingerprint density at radius 1 is 1.10 bits per heavy atom. The maximum atomic E-state index is 13.0. The molecule has 0 radical (unpaired) electrons. The first-order chi connectivity index (χ1) is 14.6. The van der Waals surface area contributed by atoms with E-state index in [0.29, 0.717) is 24.7 Å². The Morgan fingerprint density at radius 3 is 2.50 bits per heavy atom. The van der Waals surface area contributed by atoms with Crippen LogP contribution in [0, 0.1) is 5.82 Å². The van der Waals surface area contributed by atoms with E-state index in [2.05, 4.69) is 15.7 Å². The number of aromatic nitrogens is 2. The second-order valence-corrected chi connectivity index (χ2v) is 7.78. The standard InChI is InChI=1S/C22H23ClFN5O/c23-17-1-7-21(8-2-17)29-15-16(14-26-29)13-25-22(30)28-11-9-20(10-12-28)27-19-5-3-18(24)4-6-19/h1-8,14-15,20,27H,9-13H2,(H,25,30). The summed E-state index contributed by atoms with van der Waals surface area (Å²) >= 11 is 5.92. The molecule has 2 heterocycles. The molecule has 0 aliphatic carbocycles. The van der Waals surface area contributed by atoms with Crippen molar-refractivity contribution in [1.29, 1.82) is 0 Å². The van der Waals surface area contributed by atoms with Crippen molar-refractivity contribution in [2.45, 2.75) is 25.4 Å². The van der Waals surface area contributed by atoms with Gasteiger partial charge in [-0.2, -0.15) is 5.10 Å². The molecular weight excluding hydrogens is 405 g/mol. The van der Waals surface area contributed by atoms with E-state index in [4.69, 9.17) is 11.6 Å². The van der Waals surface area contributed by atoms with Crippen molar-refractivity contribution in [3.8, 4) is 5.69 Å². The highest BCUT2D eigenvalue weighted by molar-refractivity contribution is 6.30. The van der Waals surface area contributed by atoms with Gasteiger partial charge in [0.25, 0.3) is 0 Å². The molecule has 6 nitrogen and oxygen atoms in total. The number of amides is 2. The van der Waals surface area contributed by atoms with Crippen molar-refractivity contribution in [2.24, 2.45) is 0 Å². The van der Waals surface area contributed by atoms with Crippen LogP contribution in [-0.4, -0.2) is 39.8 Å². The molecule has 0 atom stereocenters. The molecule has 1 fully saturated rings. The molecule has 1 aromatic heterocycles. The molecule has 3 aromatic rings. The van der Waals surface area contributed by atoms with Gasteiger partial charge in [0.15, 0.2) is 0 Å². The number of likely N-dealkylation sites (tertiary alicyclic amines) is 1. The summed E-state index contributed by atoms with van der Waals surface area (Å²) in [5, 5.41) is 11.4. The quantitative estimate of drug-likeness (QED) is 0.632. The van der Waals surface area contributed by atoms with Gasteiger partial charge in [-0.15, -0.1) is 0 Å². The summed E-state index contributed by atoms with van der Waals surface area (Å²) in [5.74, 6) is -0.245. The lowest BCUT2D eigenvalue weighted by Gasteiger charge is -2.32. The van der Waals surface area contributed by atoms with Gasteiger partial charge in [-0.3, -0.25) is 0 Å². The van der Waals surface area contributed by atoms with E-state index in [1.54, 1.807) is 23.0 Å². The van der Waals surface area contributed by atoms with Gasteiger partial charge in [-0.25, -0.2) is 13.9 Å². The van der Waals surface area contributed by atoms with Crippen molar-refractivity contribution in [2.75, 3.05) is 18.4 Å². The van der Waals surface area contributed by atoms with Gasteiger partial charge in [0, 0.05) is 48.1 Å². The monoisotopic (exact) mass is 427 g/mol. The largest absolute Gasteiger partial charge is 0.382 e. The Labute approximate surface area is 179 Å². The second-order valence-electron chi connectivity index (χ2n) is 7.34. The summed E-state index contributed by atoms with van der Waals surface area (Å²) in [4.78, 5) is 14.3. The number of piperidine rings is 1. The number of nitrogens with one attached hydrogen (secondary N) is 2. The number of anilines is 1. The number of hydrogen-bond donors (Lipinski definition) is 2. The number of benzene rings is 2. The van der Waals surface area contributed by atoms with Crippen LogP contribution in [0.2, 0.25) is 5.02 Å². The molecule has 8 heteroatoms. The minimum atomic E-state index is -0.245. The van der Waals surface area contributed by atoms with E-state index in [1.165, 1.54) is 12.1 Å². The van der Waals surface area contributed by atoms with Crippen LogP contribution in [0.4, 0.5) is 14.9 Å². The maximum absolute atomic E-state index is 13.0. The van der Waals surface area contributed by atoms with Gasteiger partial charge in [0.05, 0.1) is 11.9 Å². The van der Waals surface area contributed by atoms with Crippen molar-refractivity contribution in [3.63, 3.8) is 0 Å². The first kappa shape index (κ1) is 20.2. The predicted octanol–water partition coefficient (Wildman–Crippen LogP) is 4.45. The molecule has 0 saturated carbocycles. The molecule has 1 aliphatic rings. The van der Waals surface area contributed by atoms with E-state index >= 15 is 0 Å². The van der Waals surface area contributed by atoms with E-state index in [1.807, 2.05) is 35.4 Å². The van der Waals surface area contributed by atoms with Gasteiger partial charge in [-0.05, 0) is 61.4 Å². The van der Waals surface area contributed by atoms with E-state index in [9.17, 15) is 9.18 Å². The zero-order valence-corrected chi connectivity index (χ0v) is 17.1. The third kappa shape index (κ3) is 5.10.